The highest BCUT2D eigenvalue weighted by Gasteiger charge is 2.22. The van der Waals surface area contributed by atoms with Crippen molar-refractivity contribution in [1.82, 2.24) is 19.7 Å². The fourth-order valence-corrected chi connectivity index (χ4v) is 1.91. The Hall–Kier alpha value is -1.56. The number of aromatic nitrogens is 2. The largest absolute Gasteiger partial charge is 0.334 e. The first-order valence-electron chi connectivity index (χ1n) is 5.46. The molecule has 2 amide bonds. The van der Waals surface area contributed by atoms with Gasteiger partial charge >= 0.3 is 6.03 Å². The van der Waals surface area contributed by atoms with Crippen molar-refractivity contribution in [2.24, 2.45) is 12.9 Å². The van der Waals surface area contributed by atoms with Crippen molar-refractivity contribution >= 4 is 6.03 Å². The fourth-order valence-electron chi connectivity index (χ4n) is 1.91. The van der Waals surface area contributed by atoms with Crippen molar-refractivity contribution in [2.45, 2.75) is 12.8 Å². The number of amides is 2. The number of nitrogens with zero attached hydrogens (tertiary/aromatic N) is 4. The number of hydrogen-bond acceptors (Lipinski definition) is 3. The van der Waals surface area contributed by atoms with Crippen molar-refractivity contribution in [1.29, 1.82) is 0 Å². The van der Waals surface area contributed by atoms with E-state index in [0.29, 0.717) is 13.1 Å². The van der Waals surface area contributed by atoms with Crippen LogP contribution in [0, 0.1) is 0 Å². The van der Waals surface area contributed by atoms with E-state index >= 15 is 0 Å². The van der Waals surface area contributed by atoms with Gasteiger partial charge in [0.2, 0.25) is 0 Å². The van der Waals surface area contributed by atoms with Crippen LogP contribution in [0.2, 0.25) is 0 Å². The van der Waals surface area contributed by atoms with Crippen LogP contribution in [-0.4, -0.2) is 45.4 Å². The van der Waals surface area contributed by atoms with Gasteiger partial charge in [0, 0.05) is 45.0 Å². The quantitative estimate of drug-likeness (QED) is 0.577. The Balaban J connectivity index is 1.90. The minimum Gasteiger partial charge on any atom is -0.323 e. The van der Waals surface area contributed by atoms with Crippen LogP contribution in [0.25, 0.3) is 0 Å². The van der Waals surface area contributed by atoms with Gasteiger partial charge in [-0.15, -0.1) is 0 Å². The van der Waals surface area contributed by atoms with Gasteiger partial charge in [-0.05, 0) is 12.5 Å². The van der Waals surface area contributed by atoms with E-state index in [9.17, 15) is 4.79 Å². The second kappa shape index (κ2) is 4.52. The highest BCUT2D eigenvalue weighted by Crippen LogP contribution is 2.07. The van der Waals surface area contributed by atoms with Crippen LogP contribution in [0.5, 0.6) is 0 Å². The number of hydrazine groups is 1. The van der Waals surface area contributed by atoms with Crippen molar-refractivity contribution in [3.63, 3.8) is 0 Å². The molecule has 0 aliphatic carbocycles. The lowest BCUT2D eigenvalue weighted by Gasteiger charge is -2.32. The molecule has 6 heteroatoms. The molecule has 1 saturated heterocycles. The van der Waals surface area contributed by atoms with Crippen molar-refractivity contribution in [3.8, 4) is 0 Å². The molecule has 6 nitrogen and oxygen atoms in total. The Labute approximate surface area is 94.6 Å². The molecule has 1 fully saturated rings. The normalized spacial score (nSPS) is 17.0. The molecule has 1 aromatic rings. The average molecular weight is 223 g/mol. The number of carbonyl (C=O) groups excluding carboxylic acids is 1. The van der Waals surface area contributed by atoms with E-state index in [2.05, 4.69) is 5.10 Å². The third kappa shape index (κ3) is 2.16. The number of nitrogens with two attached hydrogens (primary N) is 1. The predicted molar refractivity (Wildman–Crippen MR) is 59.4 cm³/mol. The zero-order chi connectivity index (χ0) is 11.5. The number of aryl methyl sites for hydroxylation is 1. The standard InChI is InChI=1S/C10H17N5O/c1-13-9(3-5-12-13)4-8-14-6-2-7-15(11)10(14)16/h3,5H,2,4,6-8,11H2,1H3. The number of hydrogen-bond donors (Lipinski definition) is 1. The van der Waals surface area contributed by atoms with Gasteiger partial charge in [0.15, 0.2) is 0 Å². The van der Waals surface area contributed by atoms with Crippen LogP contribution in [-0.2, 0) is 13.5 Å². The molecule has 0 bridgehead atoms. The minimum absolute atomic E-state index is 0.0755. The highest BCUT2D eigenvalue weighted by molar-refractivity contribution is 5.74. The average Bonchev–Trinajstić information content (AvgIpc) is 2.67. The van der Waals surface area contributed by atoms with Crippen LogP contribution in [0.15, 0.2) is 12.3 Å². The molecule has 0 spiro atoms. The lowest BCUT2D eigenvalue weighted by molar-refractivity contribution is 0.130. The first-order chi connectivity index (χ1) is 7.68. The molecule has 2 rings (SSSR count). The van der Waals surface area contributed by atoms with Gasteiger partial charge in [0.1, 0.15) is 0 Å². The SMILES string of the molecule is Cn1nccc1CCN1CCCN(N)C1=O. The molecule has 0 unspecified atom stereocenters. The molecule has 88 valence electrons. The van der Waals surface area contributed by atoms with Gasteiger partial charge in [0.05, 0.1) is 0 Å². The van der Waals surface area contributed by atoms with Gasteiger partial charge in [0.25, 0.3) is 0 Å². The van der Waals surface area contributed by atoms with E-state index in [1.54, 1.807) is 11.1 Å². The molecule has 0 aromatic carbocycles. The smallest absolute Gasteiger partial charge is 0.323 e. The summed E-state index contributed by atoms with van der Waals surface area (Å²) in [6.07, 6.45) is 3.52. The maximum atomic E-state index is 11.7. The molecular weight excluding hydrogens is 206 g/mol. The maximum absolute atomic E-state index is 11.7. The molecular formula is C10H17N5O. The third-order valence-corrected chi connectivity index (χ3v) is 2.90. The summed E-state index contributed by atoms with van der Waals surface area (Å²) in [5.74, 6) is 5.57. The summed E-state index contributed by atoms with van der Waals surface area (Å²) in [7, 11) is 1.91. The van der Waals surface area contributed by atoms with Crippen molar-refractivity contribution in [3.05, 3.63) is 18.0 Å². The van der Waals surface area contributed by atoms with E-state index in [4.69, 9.17) is 5.84 Å². The highest BCUT2D eigenvalue weighted by atomic mass is 16.2. The Bertz CT molecular complexity index is 375. The lowest BCUT2D eigenvalue weighted by Crippen LogP contribution is -2.52. The lowest BCUT2D eigenvalue weighted by atomic mass is 10.2. The molecule has 2 heterocycles. The van der Waals surface area contributed by atoms with E-state index < -0.39 is 0 Å². The zero-order valence-corrected chi connectivity index (χ0v) is 9.46. The van der Waals surface area contributed by atoms with Gasteiger partial charge in [-0.25, -0.2) is 10.6 Å². The molecule has 0 atom stereocenters. The van der Waals surface area contributed by atoms with Crippen LogP contribution in [0.1, 0.15) is 12.1 Å². The van der Waals surface area contributed by atoms with E-state index in [1.165, 1.54) is 5.01 Å². The van der Waals surface area contributed by atoms with Crippen LogP contribution in [0.3, 0.4) is 0 Å². The van der Waals surface area contributed by atoms with Crippen molar-refractivity contribution < 1.29 is 4.79 Å². The Morgan fingerprint density at radius 2 is 2.31 bits per heavy atom. The van der Waals surface area contributed by atoms with Gasteiger partial charge < -0.3 is 4.90 Å². The third-order valence-electron chi connectivity index (χ3n) is 2.90. The molecule has 0 radical (unpaired) electrons. The zero-order valence-electron chi connectivity index (χ0n) is 9.46. The van der Waals surface area contributed by atoms with Crippen molar-refractivity contribution in [2.75, 3.05) is 19.6 Å². The second-order valence-electron chi connectivity index (χ2n) is 4.01. The topological polar surface area (TPSA) is 67.4 Å². The molecule has 1 aliphatic heterocycles. The van der Waals surface area contributed by atoms with E-state index in [1.807, 2.05) is 17.8 Å². The Kier molecular flexibility index (Phi) is 3.09. The van der Waals surface area contributed by atoms with E-state index in [0.717, 1.165) is 25.1 Å². The first kappa shape index (κ1) is 10.9. The minimum atomic E-state index is -0.0755. The Morgan fingerprint density at radius 1 is 1.50 bits per heavy atom. The number of rotatable bonds is 3. The fraction of sp³-hybridized carbons (Fsp3) is 0.600. The summed E-state index contributed by atoms with van der Waals surface area (Å²) in [6, 6.07) is 1.89. The van der Waals surface area contributed by atoms with Crippen LogP contribution in [0.4, 0.5) is 4.79 Å². The summed E-state index contributed by atoms with van der Waals surface area (Å²) in [5, 5.41) is 5.38. The van der Waals surface area contributed by atoms with Crippen LogP contribution < -0.4 is 5.84 Å². The number of urea groups is 1. The monoisotopic (exact) mass is 223 g/mol. The first-order valence-corrected chi connectivity index (χ1v) is 5.46. The second-order valence-corrected chi connectivity index (χ2v) is 4.01. The summed E-state index contributed by atoms with van der Waals surface area (Å²) >= 11 is 0. The predicted octanol–water partition coefficient (Wildman–Crippen LogP) is -0.0360. The summed E-state index contributed by atoms with van der Waals surface area (Å²) in [5.41, 5.74) is 1.13. The summed E-state index contributed by atoms with van der Waals surface area (Å²) < 4.78 is 1.83. The molecule has 2 N–H and O–H groups in total. The molecule has 1 aromatic heterocycles. The maximum Gasteiger partial charge on any atom is 0.334 e. The van der Waals surface area contributed by atoms with Gasteiger partial charge in [-0.1, -0.05) is 0 Å². The molecule has 16 heavy (non-hydrogen) atoms. The Morgan fingerprint density at radius 3 is 3.00 bits per heavy atom. The van der Waals surface area contributed by atoms with Gasteiger partial charge in [-0.3, -0.25) is 9.69 Å². The van der Waals surface area contributed by atoms with Crippen LogP contribution >= 0.6 is 0 Å². The van der Waals surface area contributed by atoms with Gasteiger partial charge in [-0.2, -0.15) is 5.10 Å². The molecule has 0 saturated carbocycles. The summed E-state index contributed by atoms with van der Waals surface area (Å²) in [6.45, 7) is 2.15. The number of carbonyl (C=O) groups is 1. The summed E-state index contributed by atoms with van der Waals surface area (Å²) in [4.78, 5) is 13.5. The molecule has 1 aliphatic rings. The van der Waals surface area contributed by atoms with E-state index in [-0.39, 0.29) is 6.03 Å².